The van der Waals surface area contributed by atoms with Crippen LogP contribution in [0.1, 0.15) is 35.2 Å². The predicted octanol–water partition coefficient (Wildman–Crippen LogP) is 2.49. The molecule has 3 heteroatoms. The van der Waals surface area contributed by atoms with Crippen LogP contribution in [0.2, 0.25) is 0 Å². The highest BCUT2D eigenvalue weighted by atomic mass is 16.5. The van der Waals surface area contributed by atoms with Gasteiger partial charge < -0.3 is 10.5 Å². The maximum absolute atomic E-state index is 11.9. The first-order valence-electron chi connectivity index (χ1n) is 6.36. The SMILES string of the molecule is C=C(CN)COc1ccc2c(c1)CCCCC2=O. The lowest BCUT2D eigenvalue weighted by molar-refractivity contribution is 0.0982. The van der Waals surface area contributed by atoms with Crippen molar-refractivity contribution in [2.45, 2.75) is 25.7 Å². The molecule has 18 heavy (non-hydrogen) atoms. The van der Waals surface area contributed by atoms with E-state index >= 15 is 0 Å². The molecule has 0 aliphatic heterocycles. The Bertz CT molecular complexity index is 466. The molecule has 0 amide bonds. The summed E-state index contributed by atoms with van der Waals surface area (Å²) in [6, 6.07) is 5.71. The maximum Gasteiger partial charge on any atom is 0.163 e. The summed E-state index contributed by atoms with van der Waals surface area (Å²) in [6.45, 7) is 4.67. The number of nitrogens with two attached hydrogens (primary N) is 1. The number of Topliss-reactive ketones (excluding diaryl/α,β-unsaturated/α-hetero) is 1. The van der Waals surface area contributed by atoms with Gasteiger partial charge in [-0.25, -0.2) is 0 Å². The first kappa shape index (κ1) is 12.8. The van der Waals surface area contributed by atoms with Crippen LogP contribution >= 0.6 is 0 Å². The van der Waals surface area contributed by atoms with E-state index in [-0.39, 0.29) is 5.78 Å². The molecular weight excluding hydrogens is 226 g/mol. The summed E-state index contributed by atoms with van der Waals surface area (Å²) >= 11 is 0. The molecule has 0 saturated carbocycles. The number of carbonyl (C=O) groups is 1. The number of hydrogen-bond acceptors (Lipinski definition) is 3. The zero-order chi connectivity index (χ0) is 13.0. The van der Waals surface area contributed by atoms with Gasteiger partial charge >= 0.3 is 0 Å². The molecule has 0 saturated heterocycles. The van der Waals surface area contributed by atoms with Crippen molar-refractivity contribution >= 4 is 5.78 Å². The van der Waals surface area contributed by atoms with Gasteiger partial charge in [0.25, 0.3) is 0 Å². The summed E-state index contributed by atoms with van der Waals surface area (Å²) in [4.78, 5) is 11.9. The van der Waals surface area contributed by atoms with Gasteiger partial charge in [-0.2, -0.15) is 0 Å². The Morgan fingerprint density at radius 3 is 2.89 bits per heavy atom. The van der Waals surface area contributed by atoms with Gasteiger partial charge in [0.15, 0.2) is 5.78 Å². The Morgan fingerprint density at radius 2 is 2.11 bits per heavy atom. The van der Waals surface area contributed by atoms with Crippen molar-refractivity contribution in [3.05, 3.63) is 41.5 Å². The quantitative estimate of drug-likeness (QED) is 0.655. The molecule has 0 aromatic heterocycles. The number of carbonyl (C=O) groups excluding carboxylic acids is 1. The van der Waals surface area contributed by atoms with Gasteiger partial charge in [0.05, 0.1) is 0 Å². The lowest BCUT2D eigenvalue weighted by Crippen LogP contribution is -2.10. The standard InChI is InChI=1S/C15H19NO2/c1-11(9-16)10-18-13-6-7-14-12(8-13)4-2-3-5-15(14)17/h6-8H,1-5,9-10,16H2. The monoisotopic (exact) mass is 245 g/mol. The van der Waals surface area contributed by atoms with E-state index in [2.05, 4.69) is 6.58 Å². The summed E-state index contributed by atoms with van der Waals surface area (Å²) in [5.74, 6) is 1.04. The average molecular weight is 245 g/mol. The van der Waals surface area contributed by atoms with Crippen LogP contribution in [0.5, 0.6) is 5.75 Å². The molecule has 0 unspecified atom stereocenters. The first-order chi connectivity index (χ1) is 8.70. The van der Waals surface area contributed by atoms with Gasteiger partial charge in [-0.15, -0.1) is 0 Å². The second-order valence-corrected chi connectivity index (χ2v) is 4.69. The van der Waals surface area contributed by atoms with Gasteiger partial charge in [0.1, 0.15) is 12.4 Å². The van der Waals surface area contributed by atoms with Crippen molar-refractivity contribution in [3.63, 3.8) is 0 Å². The van der Waals surface area contributed by atoms with E-state index in [9.17, 15) is 4.79 Å². The Morgan fingerprint density at radius 1 is 1.33 bits per heavy atom. The van der Waals surface area contributed by atoms with Crippen LogP contribution < -0.4 is 10.5 Å². The molecule has 96 valence electrons. The van der Waals surface area contributed by atoms with Crippen LogP contribution in [0.4, 0.5) is 0 Å². The smallest absolute Gasteiger partial charge is 0.163 e. The van der Waals surface area contributed by atoms with E-state index in [1.165, 1.54) is 0 Å². The minimum atomic E-state index is 0.250. The Kier molecular flexibility index (Phi) is 4.15. The fourth-order valence-electron chi connectivity index (χ4n) is 2.12. The predicted molar refractivity (Wildman–Crippen MR) is 72.0 cm³/mol. The molecule has 0 atom stereocenters. The van der Waals surface area contributed by atoms with Crippen LogP contribution in [0.3, 0.4) is 0 Å². The van der Waals surface area contributed by atoms with E-state index in [0.717, 1.165) is 41.7 Å². The van der Waals surface area contributed by atoms with Gasteiger partial charge in [-0.1, -0.05) is 6.58 Å². The topological polar surface area (TPSA) is 52.3 Å². The highest BCUT2D eigenvalue weighted by Gasteiger charge is 2.15. The minimum absolute atomic E-state index is 0.250. The van der Waals surface area contributed by atoms with Gasteiger partial charge in [-0.3, -0.25) is 4.79 Å². The molecule has 2 N–H and O–H groups in total. The number of ether oxygens (including phenoxy) is 1. The fourth-order valence-corrected chi connectivity index (χ4v) is 2.12. The molecule has 3 nitrogen and oxygen atoms in total. The highest BCUT2D eigenvalue weighted by Crippen LogP contribution is 2.25. The van der Waals surface area contributed by atoms with Crippen LogP contribution in [-0.4, -0.2) is 18.9 Å². The second-order valence-electron chi connectivity index (χ2n) is 4.69. The summed E-state index contributed by atoms with van der Waals surface area (Å²) in [5.41, 5.74) is 8.29. The molecule has 0 bridgehead atoms. The third-order valence-corrected chi connectivity index (χ3v) is 3.21. The Hall–Kier alpha value is -1.61. The molecule has 0 spiro atoms. The lowest BCUT2D eigenvalue weighted by Gasteiger charge is -2.10. The summed E-state index contributed by atoms with van der Waals surface area (Å²) in [6.07, 6.45) is 3.67. The van der Waals surface area contributed by atoms with Crippen molar-refractivity contribution in [3.8, 4) is 5.75 Å². The van der Waals surface area contributed by atoms with Crippen molar-refractivity contribution in [2.24, 2.45) is 5.73 Å². The number of fused-ring (bicyclic) bond motifs is 1. The zero-order valence-electron chi connectivity index (χ0n) is 10.6. The van der Waals surface area contributed by atoms with E-state index in [4.69, 9.17) is 10.5 Å². The molecule has 1 aromatic rings. The van der Waals surface area contributed by atoms with Crippen molar-refractivity contribution < 1.29 is 9.53 Å². The van der Waals surface area contributed by atoms with Gasteiger partial charge in [0, 0.05) is 18.5 Å². The highest BCUT2D eigenvalue weighted by molar-refractivity contribution is 5.97. The van der Waals surface area contributed by atoms with E-state index in [0.29, 0.717) is 19.6 Å². The third kappa shape index (κ3) is 2.99. The number of aryl methyl sites for hydroxylation is 1. The largest absolute Gasteiger partial charge is 0.489 e. The molecule has 0 fully saturated rings. The molecule has 0 heterocycles. The van der Waals surface area contributed by atoms with Crippen molar-refractivity contribution in [1.82, 2.24) is 0 Å². The second kappa shape index (κ2) is 5.83. The van der Waals surface area contributed by atoms with Crippen molar-refractivity contribution in [1.29, 1.82) is 0 Å². The lowest BCUT2D eigenvalue weighted by atomic mass is 10.0. The molecule has 2 rings (SSSR count). The van der Waals surface area contributed by atoms with E-state index < -0.39 is 0 Å². The van der Waals surface area contributed by atoms with Crippen LogP contribution in [0.15, 0.2) is 30.4 Å². The summed E-state index contributed by atoms with van der Waals surface area (Å²) < 4.78 is 5.61. The summed E-state index contributed by atoms with van der Waals surface area (Å²) in [7, 11) is 0. The normalized spacial score (nSPS) is 14.8. The molecule has 1 aliphatic carbocycles. The number of ketones is 1. The molecule has 1 aliphatic rings. The maximum atomic E-state index is 11.9. The van der Waals surface area contributed by atoms with E-state index in [1.54, 1.807) is 0 Å². The Balaban J connectivity index is 2.13. The Labute approximate surface area is 108 Å². The van der Waals surface area contributed by atoms with Crippen molar-refractivity contribution in [2.75, 3.05) is 13.2 Å². The summed E-state index contributed by atoms with van der Waals surface area (Å²) in [5, 5.41) is 0. The average Bonchev–Trinajstić information content (AvgIpc) is 2.58. The minimum Gasteiger partial charge on any atom is -0.489 e. The van der Waals surface area contributed by atoms with Gasteiger partial charge in [-0.05, 0) is 48.6 Å². The van der Waals surface area contributed by atoms with Crippen LogP contribution in [0.25, 0.3) is 0 Å². The van der Waals surface area contributed by atoms with E-state index in [1.807, 2.05) is 18.2 Å². The molecular formula is C15H19NO2. The molecule has 0 radical (unpaired) electrons. The molecule has 1 aromatic carbocycles. The first-order valence-corrected chi connectivity index (χ1v) is 6.36. The fraction of sp³-hybridized carbons (Fsp3) is 0.400. The number of benzene rings is 1. The zero-order valence-corrected chi connectivity index (χ0v) is 10.6. The van der Waals surface area contributed by atoms with Crippen LogP contribution in [-0.2, 0) is 6.42 Å². The third-order valence-electron chi connectivity index (χ3n) is 3.21. The van der Waals surface area contributed by atoms with Crippen LogP contribution in [0, 0.1) is 0 Å². The number of rotatable bonds is 4. The number of hydrogen-bond donors (Lipinski definition) is 1. The van der Waals surface area contributed by atoms with Gasteiger partial charge in [0.2, 0.25) is 0 Å².